The van der Waals surface area contributed by atoms with Crippen LogP contribution in [-0.4, -0.2) is 45.2 Å². The summed E-state index contributed by atoms with van der Waals surface area (Å²) in [5.41, 5.74) is 5.03. The molecule has 1 atom stereocenters. The summed E-state index contributed by atoms with van der Waals surface area (Å²) in [5.74, 6) is 1.11. The molecule has 0 fully saturated rings. The Balaban J connectivity index is 2.60. The number of rotatable bonds is 6. The van der Waals surface area contributed by atoms with Crippen molar-refractivity contribution in [1.29, 1.82) is 0 Å². The van der Waals surface area contributed by atoms with Crippen LogP contribution in [0.4, 0.5) is 10.7 Å². The molecule has 0 radical (unpaired) electrons. The lowest BCUT2D eigenvalue weighted by atomic mass is 10.2. The Hall–Kier alpha value is -1.77. The Morgan fingerprint density at radius 3 is 2.78 bits per heavy atom. The molecule has 1 heterocycles. The number of carbonyl (C=O) groups excluding carboxylic acids is 2. The van der Waals surface area contributed by atoms with E-state index < -0.39 is 12.1 Å². The van der Waals surface area contributed by atoms with Crippen LogP contribution in [0.1, 0.15) is 12.2 Å². The van der Waals surface area contributed by atoms with Gasteiger partial charge < -0.3 is 11.1 Å². The van der Waals surface area contributed by atoms with Crippen molar-refractivity contribution in [1.82, 2.24) is 20.5 Å². The van der Waals surface area contributed by atoms with Crippen LogP contribution < -0.4 is 16.4 Å². The highest BCUT2D eigenvalue weighted by molar-refractivity contribution is 7.98. The minimum absolute atomic E-state index is 0.179. The van der Waals surface area contributed by atoms with Gasteiger partial charge in [0.05, 0.1) is 0 Å². The highest BCUT2D eigenvalue weighted by Crippen LogP contribution is 2.04. The molecule has 1 rings (SSSR count). The predicted molar refractivity (Wildman–Crippen MR) is 69.3 cm³/mol. The van der Waals surface area contributed by atoms with Crippen LogP contribution in [0.5, 0.6) is 0 Å². The molecule has 1 unspecified atom stereocenters. The quantitative estimate of drug-likeness (QED) is 0.572. The summed E-state index contributed by atoms with van der Waals surface area (Å²) < 4.78 is 0. The SMILES string of the molecule is CSCCC(NC(N)=O)C(=O)Nc1n[nH]c(C)n1. The number of nitrogens with zero attached hydrogens (tertiary/aromatic N) is 2. The van der Waals surface area contributed by atoms with Crippen LogP contribution in [0.2, 0.25) is 0 Å². The number of H-pyrrole nitrogens is 1. The number of hydrogen-bond acceptors (Lipinski definition) is 5. The summed E-state index contributed by atoms with van der Waals surface area (Å²) in [5, 5.41) is 11.3. The van der Waals surface area contributed by atoms with E-state index in [0.29, 0.717) is 12.2 Å². The van der Waals surface area contributed by atoms with E-state index in [0.717, 1.165) is 5.75 Å². The highest BCUT2D eigenvalue weighted by atomic mass is 32.2. The van der Waals surface area contributed by atoms with Crippen molar-refractivity contribution in [3.05, 3.63) is 5.82 Å². The molecule has 1 aromatic heterocycles. The molecule has 18 heavy (non-hydrogen) atoms. The largest absolute Gasteiger partial charge is 0.352 e. The van der Waals surface area contributed by atoms with Gasteiger partial charge >= 0.3 is 6.03 Å². The van der Waals surface area contributed by atoms with Gasteiger partial charge in [0.25, 0.3) is 0 Å². The zero-order valence-corrected chi connectivity index (χ0v) is 11.0. The lowest BCUT2D eigenvalue weighted by molar-refractivity contribution is -0.118. The van der Waals surface area contributed by atoms with Gasteiger partial charge in [0, 0.05) is 0 Å². The Morgan fingerprint density at radius 1 is 1.56 bits per heavy atom. The number of nitrogens with two attached hydrogens (primary N) is 1. The minimum Gasteiger partial charge on any atom is -0.352 e. The molecule has 5 N–H and O–H groups in total. The standard InChI is InChI=1S/C9H16N6O2S/c1-5-11-9(15-14-5)13-7(16)6(3-4-18-2)12-8(10)17/h6H,3-4H2,1-2H3,(H3,10,12,17)(H2,11,13,14,15,16). The molecule has 1 aromatic rings. The first-order chi connectivity index (χ1) is 8.52. The number of thioether (sulfide) groups is 1. The second-order valence-corrected chi connectivity index (χ2v) is 4.56. The lowest BCUT2D eigenvalue weighted by Crippen LogP contribution is -2.46. The topological polar surface area (TPSA) is 126 Å². The van der Waals surface area contributed by atoms with E-state index in [9.17, 15) is 9.59 Å². The molecule has 0 aliphatic heterocycles. The molecular weight excluding hydrogens is 256 g/mol. The van der Waals surface area contributed by atoms with Crippen LogP contribution in [0.15, 0.2) is 0 Å². The van der Waals surface area contributed by atoms with Crippen LogP contribution in [0.25, 0.3) is 0 Å². The number of hydrogen-bond donors (Lipinski definition) is 4. The fourth-order valence-corrected chi connectivity index (χ4v) is 1.74. The molecule has 0 spiro atoms. The molecule has 8 nitrogen and oxygen atoms in total. The van der Waals surface area contributed by atoms with Crippen LogP contribution in [0, 0.1) is 6.92 Å². The monoisotopic (exact) mass is 272 g/mol. The summed E-state index contributed by atoms with van der Waals surface area (Å²) in [6.45, 7) is 1.72. The Kier molecular flexibility index (Phi) is 5.43. The van der Waals surface area contributed by atoms with E-state index in [2.05, 4.69) is 25.8 Å². The molecule has 3 amide bonds. The van der Waals surface area contributed by atoms with Crippen molar-refractivity contribution in [2.75, 3.05) is 17.3 Å². The summed E-state index contributed by atoms with van der Waals surface area (Å²) >= 11 is 1.58. The van der Waals surface area contributed by atoms with E-state index in [1.807, 2.05) is 6.26 Å². The van der Waals surface area contributed by atoms with Crippen molar-refractivity contribution in [3.8, 4) is 0 Å². The molecule has 0 aliphatic carbocycles. The van der Waals surface area contributed by atoms with Gasteiger partial charge in [0.2, 0.25) is 11.9 Å². The molecule has 0 aromatic carbocycles. The number of carbonyl (C=O) groups is 2. The fourth-order valence-electron chi connectivity index (χ4n) is 1.27. The maximum absolute atomic E-state index is 11.9. The van der Waals surface area contributed by atoms with Crippen molar-refractivity contribution in [2.24, 2.45) is 5.73 Å². The molecule has 0 saturated heterocycles. The third kappa shape index (κ3) is 4.62. The number of anilines is 1. The van der Waals surface area contributed by atoms with Gasteiger partial charge in [-0.25, -0.2) is 4.79 Å². The molecule has 0 saturated carbocycles. The molecule has 0 aliphatic rings. The zero-order chi connectivity index (χ0) is 13.5. The fraction of sp³-hybridized carbons (Fsp3) is 0.556. The van der Waals surface area contributed by atoms with E-state index >= 15 is 0 Å². The summed E-state index contributed by atoms with van der Waals surface area (Å²) in [6, 6.07) is -1.42. The lowest BCUT2D eigenvalue weighted by Gasteiger charge is -2.15. The van der Waals surface area contributed by atoms with Gasteiger partial charge in [-0.2, -0.15) is 16.7 Å². The van der Waals surface area contributed by atoms with Crippen LogP contribution >= 0.6 is 11.8 Å². The third-order valence-electron chi connectivity index (χ3n) is 2.08. The first-order valence-electron chi connectivity index (χ1n) is 5.27. The first kappa shape index (κ1) is 14.3. The third-order valence-corrected chi connectivity index (χ3v) is 2.72. The molecule has 9 heteroatoms. The van der Waals surface area contributed by atoms with Crippen molar-refractivity contribution >= 4 is 29.6 Å². The minimum atomic E-state index is -0.734. The number of aryl methyl sites for hydroxylation is 1. The van der Waals surface area contributed by atoms with Gasteiger partial charge in [-0.1, -0.05) is 0 Å². The zero-order valence-electron chi connectivity index (χ0n) is 10.2. The normalized spacial score (nSPS) is 11.9. The average Bonchev–Trinajstić information content (AvgIpc) is 2.69. The van der Waals surface area contributed by atoms with Crippen molar-refractivity contribution in [3.63, 3.8) is 0 Å². The van der Waals surface area contributed by atoms with E-state index in [4.69, 9.17) is 5.73 Å². The predicted octanol–water partition coefficient (Wildman–Crippen LogP) is -0.158. The number of amides is 3. The number of nitrogens with one attached hydrogen (secondary N) is 3. The number of aromatic amines is 1. The molecular formula is C9H16N6O2S. The summed E-state index contributed by atoms with van der Waals surface area (Å²) in [7, 11) is 0. The summed E-state index contributed by atoms with van der Waals surface area (Å²) in [6.07, 6.45) is 2.40. The van der Waals surface area contributed by atoms with Gasteiger partial charge in [0.1, 0.15) is 11.9 Å². The Bertz CT molecular complexity index is 421. The van der Waals surface area contributed by atoms with Gasteiger partial charge in [0.15, 0.2) is 0 Å². The van der Waals surface area contributed by atoms with Crippen LogP contribution in [0.3, 0.4) is 0 Å². The highest BCUT2D eigenvalue weighted by Gasteiger charge is 2.20. The van der Waals surface area contributed by atoms with Gasteiger partial charge in [-0.05, 0) is 25.4 Å². The van der Waals surface area contributed by atoms with Gasteiger partial charge in [-0.15, -0.1) is 5.10 Å². The van der Waals surface area contributed by atoms with E-state index in [1.165, 1.54) is 0 Å². The van der Waals surface area contributed by atoms with Crippen LogP contribution in [-0.2, 0) is 4.79 Å². The summed E-state index contributed by atoms with van der Waals surface area (Å²) in [4.78, 5) is 26.6. The number of aromatic nitrogens is 3. The number of primary amides is 1. The number of urea groups is 1. The second-order valence-electron chi connectivity index (χ2n) is 3.58. The van der Waals surface area contributed by atoms with Crippen molar-refractivity contribution < 1.29 is 9.59 Å². The average molecular weight is 272 g/mol. The van der Waals surface area contributed by atoms with E-state index in [1.54, 1.807) is 18.7 Å². The second kappa shape index (κ2) is 6.84. The smallest absolute Gasteiger partial charge is 0.312 e. The first-order valence-corrected chi connectivity index (χ1v) is 6.67. The maximum Gasteiger partial charge on any atom is 0.312 e. The Labute approximate surface area is 108 Å². The van der Waals surface area contributed by atoms with Crippen molar-refractivity contribution in [2.45, 2.75) is 19.4 Å². The Morgan fingerprint density at radius 2 is 2.28 bits per heavy atom. The molecule has 100 valence electrons. The van der Waals surface area contributed by atoms with Gasteiger partial charge in [-0.3, -0.25) is 15.2 Å². The maximum atomic E-state index is 11.9. The molecule has 0 bridgehead atoms. The van der Waals surface area contributed by atoms with E-state index in [-0.39, 0.29) is 11.9 Å².